The molecule has 1 saturated heterocycles. The largest absolute Gasteiger partial charge is 0.490 e. The highest BCUT2D eigenvalue weighted by Crippen LogP contribution is 2.29. The fraction of sp³-hybridized carbons (Fsp3) is 0.333. The third-order valence-electron chi connectivity index (χ3n) is 6.65. The van der Waals surface area contributed by atoms with Gasteiger partial charge in [0.1, 0.15) is 18.4 Å². The predicted molar refractivity (Wildman–Crippen MR) is 138 cm³/mol. The Balaban J connectivity index is 0.000000646. The average molecular weight is 614 g/mol. The molecule has 3 heterocycles. The number of piperazine rings is 1. The number of aromatic nitrogens is 3. The minimum Gasteiger partial charge on any atom is -0.475 e. The smallest absolute Gasteiger partial charge is 0.475 e. The van der Waals surface area contributed by atoms with E-state index in [4.69, 9.17) is 9.90 Å². The Morgan fingerprint density at radius 1 is 1.09 bits per heavy atom. The molecule has 1 aromatic carbocycles. The maximum atomic E-state index is 14.6. The van der Waals surface area contributed by atoms with Crippen LogP contribution in [0.3, 0.4) is 0 Å². The highest BCUT2D eigenvalue weighted by atomic mass is 19.4. The van der Waals surface area contributed by atoms with Gasteiger partial charge in [0.25, 0.3) is 17.9 Å². The van der Waals surface area contributed by atoms with Gasteiger partial charge in [-0.3, -0.25) is 19.4 Å². The van der Waals surface area contributed by atoms with E-state index >= 15 is 0 Å². The fourth-order valence-electron chi connectivity index (χ4n) is 4.22. The lowest BCUT2D eigenvalue weighted by Gasteiger charge is -2.38. The number of hydrogen-bond acceptors (Lipinski definition) is 6. The Bertz CT molecular complexity index is 1550. The van der Waals surface area contributed by atoms with Gasteiger partial charge < -0.3 is 14.9 Å². The highest BCUT2D eigenvalue weighted by molar-refractivity contribution is 5.97. The molecule has 1 atom stereocenters. The molecule has 2 amide bonds. The van der Waals surface area contributed by atoms with Crippen LogP contribution in [0.1, 0.15) is 44.3 Å². The number of carboxylic acid groups (broad SMARTS) is 1. The van der Waals surface area contributed by atoms with E-state index in [1.54, 1.807) is 13.8 Å². The van der Waals surface area contributed by atoms with Gasteiger partial charge in [0, 0.05) is 37.5 Å². The predicted octanol–water partition coefficient (Wildman–Crippen LogP) is 3.44. The summed E-state index contributed by atoms with van der Waals surface area (Å²) in [6.07, 6.45) is -4.95. The molecule has 2 N–H and O–H groups in total. The molecule has 1 fully saturated rings. The number of aliphatic carboxylic acids is 1. The van der Waals surface area contributed by atoms with Gasteiger partial charge in [-0.05, 0) is 48.7 Å². The zero-order valence-corrected chi connectivity index (χ0v) is 22.7. The topological polar surface area (TPSA) is 137 Å². The van der Waals surface area contributed by atoms with Crippen molar-refractivity contribution in [2.75, 3.05) is 19.6 Å². The van der Waals surface area contributed by atoms with E-state index in [1.807, 2.05) is 0 Å². The number of nitrogens with zero attached hydrogens (tertiary/aromatic N) is 4. The van der Waals surface area contributed by atoms with E-state index in [9.17, 15) is 40.7 Å². The summed E-state index contributed by atoms with van der Waals surface area (Å²) in [7, 11) is 0. The molecule has 1 aliphatic rings. The van der Waals surface area contributed by atoms with Crippen molar-refractivity contribution < 1.29 is 45.8 Å². The Morgan fingerprint density at radius 2 is 1.77 bits per heavy atom. The SMILES string of the molecule is Cc1c(Cc2ccc(F)c(C(=O)N3CCN(C(c4cccnc4)C(F)F)C(=O)C3)c2)n[nH]c(=O)c1C.O=C(O)C(F)(F)F. The summed E-state index contributed by atoms with van der Waals surface area (Å²) >= 11 is 0. The molecule has 16 heteroatoms. The van der Waals surface area contributed by atoms with Gasteiger partial charge in [-0.2, -0.15) is 18.3 Å². The Labute approximate surface area is 240 Å². The maximum Gasteiger partial charge on any atom is 0.490 e. The molecule has 1 aliphatic heterocycles. The molecule has 10 nitrogen and oxygen atoms in total. The molecule has 2 aromatic heterocycles. The van der Waals surface area contributed by atoms with E-state index < -0.39 is 48.8 Å². The molecule has 0 spiro atoms. The van der Waals surface area contributed by atoms with Crippen molar-refractivity contribution in [1.29, 1.82) is 0 Å². The quantitative estimate of drug-likeness (QED) is 0.407. The number of alkyl halides is 5. The summed E-state index contributed by atoms with van der Waals surface area (Å²) in [6, 6.07) is 5.54. The monoisotopic (exact) mass is 613 g/mol. The summed E-state index contributed by atoms with van der Waals surface area (Å²) in [5.74, 6) is -4.89. The molecule has 230 valence electrons. The summed E-state index contributed by atoms with van der Waals surface area (Å²) in [4.78, 5) is 52.6. The van der Waals surface area contributed by atoms with Crippen molar-refractivity contribution in [3.8, 4) is 0 Å². The van der Waals surface area contributed by atoms with Crippen LogP contribution in [0.25, 0.3) is 0 Å². The molecule has 0 radical (unpaired) electrons. The first-order valence-corrected chi connectivity index (χ1v) is 12.5. The molecule has 3 aromatic rings. The Hall–Kier alpha value is -4.76. The van der Waals surface area contributed by atoms with Crippen molar-refractivity contribution in [1.82, 2.24) is 25.0 Å². The lowest BCUT2D eigenvalue weighted by atomic mass is 10.0. The number of rotatable bonds is 6. The van der Waals surface area contributed by atoms with Crippen molar-refractivity contribution in [3.05, 3.63) is 92.4 Å². The molecule has 0 aliphatic carbocycles. The van der Waals surface area contributed by atoms with Crippen LogP contribution in [0, 0.1) is 19.7 Å². The van der Waals surface area contributed by atoms with Gasteiger partial charge in [0.15, 0.2) is 0 Å². The summed E-state index contributed by atoms with van der Waals surface area (Å²) in [5, 5.41) is 13.6. The number of carbonyl (C=O) groups is 3. The number of pyridine rings is 1. The molecular weight excluding hydrogens is 588 g/mol. The molecule has 0 bridgehead atoms. The second-order valence-electron chi connectivity index (χ2n) is 9.42. The molecule has 43 heavy (non-hydrogen) atoms. The first-order valence-electron chi connectivity index (χ1n) is 12.5. The zero-order valence-electron chi connectivity index (χ0n) is 22.7. The van der Waals surface area contributed by atoms with Crippen LogP contribution in [-0.4, -0.2) is 80.1 Å². The van der Waals surface area contributed by atoms with E-state index in [0.29, 0.717) is 22.4 Å². The van der Waals surface area contributed by atoms with Crippen molar-refractivity contribution in [3.63, 3.8) is 0 Å². The van der Waals surface area contributed by atoms with Crippen LogP contribution < -0.4 is 5.56 Å². The third-order valence-corrected chi connectivity index (χ3v) is 6.65. The normalized spacial score (nSPS) is 14.3. The summed E-state index contributed by atoms with van der Waals surface area (Å²) < 4.78 is 74.0. The lowest BCUT2D eigenvalue weighted by Crippen LogP contribution is -2.54. The standard InChI is InChI=1S/C25H24F3N5O3.C2HF3O2/c1-14-15(2)24(35)31-30-20(14)11-16-5-6-19(26)18(10-16)25(36)32-8-9-33(21(34)13-32)22(23(27)28)17-4-3-7-29-12-17;3-2(4,5)1(6)7/h3-7,10,12,22-23H,8-9,11,13H2,1-2H3,(H,31,35);(H,6,7). The second-order valence-corrected chi connectivity index (χ2v) is 9.42. The van der Waals surface area contributed by atoms with Crippen molar-refractivity contribution in [2.45, 2.75) is 38.9 Å². The number of H-pyrrole nitrogens is 1. The Kier molecular flexibility index (Phi) is 10.3. The number of carbonyl (C=O) groups excluding carboxylic acids is 2. The van der Waals surface area contributed by atoms with Crippen LogP contribution in [0.2, 0.25) is 0 Å². The van der Waals surface area contributed by atoms with Crippen molar-refractivity contribution in [2.24, 2.45) is 0 Å². The first-order chi connectivity index (χ1) is 20.1. The van der Waals surface area contributed by atoms with Gasteiger partial charge in [-0.15, -0.1) is 0 Å². The Morgan fingerprint density at radius 3 is 2.33 bits per heavy atom. The number of halogens is 6. The van der Waals surface area contributed by atoms with Crippen molar-refractivity contribution >= 4 is 17.8 Å². The van der Waals surface area contributed by atoms with Crippen LogP contribution in [0.5, 0.6) is 0 Å². The number of amides is 2. The molecular formula is C27H25F6N5O5. The van der Waals surface area contributed by atoms with Gasteiger partial charge >= 0.3 is 12.1 Å². The number of aromatic amines is 1. The van der Waals surface area contributed by atoms with Gasteiger partial charge in [0.05, 0.1) is 11.3 Å². The lowest BCUT2D eigenvalue weighted by molar-refractivity contribution is -0.192. The van der Waals surface area contributed by atoms with Crippen LogP contribution in [-0.2, 0) is 16.0 Å². The second kappa shape index (κ2) is 13.5. The maximum absolute atomic E-state index is 14.6. The van der Waals surface area contributed by atoms with Gasteiger partial charge in [0.2, 0.25) is 5.91 Å². The number of nitrogens with one attached hydrogen (secondary N) is 1. The highest BCUT2D eigenvalue weighted by Gasteiger charge is 2.39. The molecule has 4 rings (SSSR count). The van der Waals surface area contributed by atoms with Gasteiger partial charge in [-0.25, -0.2) is 23.1 Å². The van der Waals surface area contributed by atoms with E-state index in [2.05, 4.69) is 15.2 Å². The summed E-state index contributed by atoms with van der Waals surface area (Å²) in [5.41, 5.74) is 2.04. The minimum absolute atomic E-state index is 0.0303. The van der Waals surface area contributed by atoms with E-state index in [-0.39, 0.29) is 36.2 Å². The van der Waals surface area contributed by atoms with Crippen LogP contribution in [0.4, 0.5) is 26.3 Å². The molecule has 0 saturated carbocycles. The minimum atomic E-state index is -5.08. The zero-order chi connectivity index (χ0) is 32.1. The fourth-order valence-corrected chi connectivity index (χ4v) is 4.22. The number of hydrogen-bond donors (Lipinski definition) is 2. The van der Waals surface area contributed by atoms with Crippen LogP contribution in [0.15, 0.2) is 47.5 Å². The summed E-state index contributed by atoms with van der Waals surface area (Å²) in [6.45, 7) is 2.81. The number of carboxylic acids is 1. The van der Waals surface area contributed by atoms with Gasteiger partial charge in [-0.1, -0.05) is 12.1 Å². The van der Waals surface area contributed by atoms with Crippen LogP contribution >= 0.6 is 0 Å². The number of benzene rings is 1. The first kappa shape index (κ1) is 32.8. The molecule has 1 unspecified atom stereocenters. The average Bonchev–Trinajstić information content (AvgIpc) is 2.95. The van der Waals surface area contributed by atoms with E-state index in [1.165, 1.54) is 36.7 Å². The third kappa shape index (κ3) is 7.96. The van der Waals surface area contributed by atoms with E-state index in [0.717, 1.165) is 15.9 Å².